The van der Waals surface area contributed by atoms with Crippen molar-refractivity contribution in [2.24, 2.45) is 7.05 Å². The van der Waals surface area contributed by atoms with Gasteiger partial charge < -0.3 is 24.5 Å². The van der Waals surface area contributed by atoms with Crippen LogP contribution in [0.2, 0.25) is 0 Å². The second-order valence-corrected chi connectivity index (χ2v) is 7.47. The highest BCUT2D eigenvalue weighted by atomic mass is 16.5. The number of hydrogen-bond acceptors (Lipinski definition) is 5. The minimum absolute atomic E-state index is 0.151. The van der Waals surface area contributed by atoms with Gasteiger partial charge in [-0.3, -0.25) is 4.79 Å². The monoisotopic (exact) mass is 408 g/mol. The molecule has 1 aromatic heterocycles. The van der Waals surface area contributed by atoms with Crippen LogP contribution in [0.3, 0.4) is 0 Å². The molecular formula is C23H24N2O5. The van der Waals surface area contributed by atoms with Crippen molar-refractivity contribution in [3.05, 3.63) is 65.4 Å². The largest absolute Gasteiger partial charge is 0.508 e. The second-order valence-electron chi connectivity index (χ2n) is 7.47. The first-order valence-electron chi connectivity index (χ1n) is 9.90. The number of fused-ring (bicyclic) bond motifs is 1. The number of carbonyl (C=O) groups is 2. The van der Waals surface area contributed by atoms with Crippen LogP contribution in [0.15, 0.2) is 48.5 Å². The van der Waals surface area contributed by atoms with E-state index in [2.05, 4.69) is 5.32 Å². The van der Waals surface area contributed by atoms with Crippen molar-refractivity contribution in [3.8, 4) is 5.75 Å². The summed E-state index contributed by atoms with van der Waals surface area (Å²) in [4.78, 5) is 25.1. The minimum atomic E-state index is -0.678. The number of nitrogens with one attached hydrogen (secondary N) is 1. The molecule has 1 atom stereocenters. The van der Waals surface area contributed by atoms with Crippen molar-refractivity contribution in [2.45, 2.75) is 18.9 Å². The summed E-state index contributed by atoms with van der Waals surface area (Å²) in [5.74, 6) is -0.449. The fourth-order valence-electron chi connectivity index (χ4n) is 3.92. The number of nitrogens with zero attached hydrogens (tertiary/aromatic N) is 1. The molecule has 2 heterocycles. The smallest absolute Gasteiger partial charge is 0.338 e. The van der Waals surface area contributed by atoms with Crippen LogP contribution in [0.4, 0.5) is 0 Å². The van der Waals surface area contributed by atoms with Crippen molar-refractivity contribution in [1.29, 1.82) is 0 Å². The number of phenols is 1. The Bertz CT molecular complexity index is 1090. The lowest BCUT2D eigenvalue weighted by molar-refractivity contribution is 0.0526. The number of esters is 1. The van der Waals surface area contributed by atoms with Crippen LogP contribution in [-0.4, -0.2) is 41.4 Å². The van der Waals surface area contributed by atoms with E-state index in [0.29, 0.717) is 37.5 Å². The lowest BCUT2D eigenvalue weighted by Crippen LogP contribution is -2.47. The third kappa shape index (κ3) is 3.52. The van der Waals surface area contributed by atoms with Gasteiger partial charge in [-0.25, -0.2) is 4.79 Å². The molecule has 1 aliphatic heterocycles. The topological polar surface area (TPSA) is 89.8 Å². The molecular weight excluding hydrogens is 384 g/mol. The summed E-state index contributed by atoms with van der Waals surface area (Å²) in [5.41, 5.74) is 1.93. The summed E-state index contributed by atoms with van der Waals surface area (Å²) in [6.45, 7) is 2.96. The van der Waals surface area contributed by atoms with Crippen LogP contribution in [0.1, 0.15) is 39.8 Å². The molecule has 0 saturated carbocycles. The lowest BCUT2D eigenvalue weighted by atomic mass is 9.88. The summed E-state index contributed by atoms with van der Waals surface area (Å²) < 4.78 is 12.4. The molecule has 7 heteroatoms. The van der Waals surface area contributed by atoms with Crippen molar-refractivity contribution < 1.29 is 24.2 Å². The van der Waals surface area contributed by atoms with Crippen LogP contribution >= 0.6 is 0 Å². The Labute approximate surface area is 174 Å². The molecule has 1 amide bonds. The molecule has 1 fully saturated rings. The normalized spacial score (nSPS) is 18.5. The average molecular weight is 408 g/mol. The Morgan fingerprint density at radius 2 is 1.97 bits per heavy atom. The van der Waals surface area contributed by atoms with Gasteiger partial charge in [0.15, 0.2) is 0 Å². The Morgan fingerprint density at radius 1 is 1.20 bits per heavy atom. The van der Waals surface area contributed by atoms with Gasteiger partial charge in [-0.2, -0.15) is 0 Å². The van der Waals surface area contributed by atoms with Crippen LogP contribution in [0, 0.1) is 0 Å². The summed E-state index contributed by atoms with van der Waals surface area (Å²) >= 11 is 0. The van der Waals surface area contributed by atoms with Crippen LogP contribution in [0.5, 0.6) is 5.75 Å². The van der Waals surface area contributed by atoms with Gasteiger partial charge in [-0.05, 0) is 42.8 Å². The van der Waals surface area contributed by atoms with E-state index in [1.807, 2.05) is 12.1 Å². The van der Waals surface area contributed by atoms with Crippen LogP contribution in [-0.2, 0) is 22.1 Å². The Morgan fingerprint density at radius 3 is 2.63 bits per heavy atom. The number of carbonyl (C=O) groups excluding carboxylic acids is 2. The van der Waals surface area contributed by atoms with E-state index in [4.69, 9.17) is 9.47 Å². The zero-order valence-electron chi connectivity index (χ0n) is 17.0. The first-order chi connectivity index (χ1) is 14.4. The molecule has 0 spiro atoms. The van der Waals surface area contributed by atoms with Gasteiger partial charge in [0.2, 0.25) is 0 Å². The first kappa shape index (κ1) is 20.0. The maximum absolute atomic E-state index is 13.2. The molecule has 3 aromatic rings. The number of ether oxygens (including phenoxy) is 2. The quantitative estimate of drug-likeness (QED) is 0.633. The lowest BCUT2D eigenvalue weighted by Gasteiger charge is -2.29. The fourth-order valence-corrected chi connectivity index (χ4v) is 3.92. The van der Waals surface area contributed by atoms with E-state index in [0.717, 1.165) is 16.5 Å². The molecule has 1 aliphatic rings. The zero-order chi connectivity index (χ0) is 21.3. The first-order valence-corrected chi connectivity index (χ1v) is 9.90. The molecule has 2 N–H and O–H groups in total. The van der Waals surface area contributed by atoms with Gasteiger partial charge >= 0.3 is 5.97 Å². The van der Waals surface area contributed by atoms with Crippen molar-refractivity contribution >= 4 is 22.8 Å². The van der Waals surface area contributed by atoms with Gasteiger partial charge in [0.05, 0.1) is 29.8 Å². The summed E-state index contributed by atoms with van der Waals surface area (Å²) in [5, 5.41) is 13.8. The van der Waals surface area contributed by atoms with E-state index in [-0.39, 0.29) is 17.6 Å². The Balaban J connectivity index is 1.63. The van der Waals surface area contributed by atoms with Crippen LogP contribution < -0.4 is 5.32 Å². The number of rotatable bonds is 5. The number of aromatic hydroxyl groups is 1. The highest BCUT2D eigenvalue weighted by Crippen LogP contribution is 2.32. The molecule has 1 unspecified atom stereocenters. The minimum Gasteiger partial charge on any atom is -0.508 e. The predicted octanol–water partition coefficient (Wildman–Crippen LogP) is 3.11. The van der Waals surface area contributed by atoms with Crippen LogP contribution in [0.25, 0.3) is 10.9 Å². The van der Waals surface area contributed by atoms with E-state index in [1.165, 1.54) is 0 Å². The summed E-state index contributed by atoms with van der Waals surface area (Å²) in [7, 11) is 1.79. The second kappa shape index (κ2) is 7.84. The van der Waals surface area contributed by atoms with Gasteiger partial charge in [0.1, 0.15) is 11.4 Å². The average Bonchev–Trinajstić information content (AvgIpc) is 3.34. The highest BCUT2D eigenvalue weighted by molar-refractivity contribution is 5.99. The molecule has 0 bridgehead atoms. The molecule has 156 valence electrons. The predicted molar refractivity (Wildman–Crippen MR) is 112 cm³/mol. The molecule has 0 aliphatic carbocycles. The van der Waals surface area contributed by atoms with Crippen molar-refractivity contribution in [1.82, 2.24) is 9.88 Å². The summed E-state index contributed by atoms with van der Waals surface area (Å²) in [6.07, 6.45) is 0.627. The third-order valence-corrected chi connectivity index (χ3v) is 5.58. The van der Waals surface area contributed by atoms with Crippen molar-refractivity contribution in [3.63, 3.8) is 0 Å². The molecule has 30 heavy (non-hydrogen) atoms. The number of aromatic nitrogens is 1. The molecule has 4 rings (SSSR count). The maximum Gasteiger partial charge on any atom is 0.338 e. The number of phenolic OH excluding ortho intramolecular Hbond substituents is 1. The van der Waals surface area contributed by atoms with E-state index < -0.39 is 5.54 Å². The summed E-state index contributed by atoms with van der Waals surface area (Å²) in [6, 6.07) is 13.9. The third-order valence-electron chi connectivity index (χ3n) is 5.58. The molecule has 2 aromatic carbocycles. The number of hydrogen-bond donors (Lipinski definition) is 2. The Hall–Kier alpha value is -3.32. The maximum atomic E-state index is 13.2. The number of amides is 1. The molecule has 7 nitrogen and oxygen atoms in total. The fraction of sp³-hybridized carbons (Fsp3) is 0.304. The van der Waals surface area contributed by atoms with Crippen molar-refractivity contribution in [2.75, 3.05) is 19.8 Å². The van der Waals surface area contributed by atoms with Gasteiger partial charge in [0, 0.05) is 31.5 Å². The van der Waals surface area contributed by atoms with E-state index in [9.17, 15) is 14.7 Å². The zero-order valence-corrected chi connectivity index (χ0v) is 17.0. The molecule has 1 saturated heterocycles. The standard InChI is InChI=1S/C23H24N2O5/c1-3-30-22(28)15-4-7-17(8-5-15)23(10-11-29-14-23)24-21(27)20-12-16-6-9-18(26)13-19(16)25(20)2/h4-9,12-13,26H,3,10-11,14H2,1-2H3,(H,24,27). The van der Waals surface area contributed by atoms with E-state index in [1.54, 1.807) is 54.9 Å². The molecule has 0 radical (unpaired) electrons. The van der Waals surface area contributed by atoms with Gasteiger partial charge in [-0.1, -0.05) is 12.1 Å². The SMILES string of the molecule is CCOC(=O)c1ccc(C2(NC(=O)c3cc4ccc(O)cc4n3C)CCOC2)cc1. The highest BCUT2D eigenvalue weighted by Gasteiger charge is 2.39. The van der Waals surface area contributed by atoms with Gasteiger partial charge in [0.25, 0.3) is 5.91 Å². The number of aryl methyl sites for hydroxylation is 1. The Kier molecular flexibility index (Phi) is 5.22. The van der Waals surface area contributed by atoms with E-state index >= 15 is 0 Å². The van der Waals surface area contributed by atoms with Gasteiger partial charge in [-0.15, -0.1) is 0 Å². The number of benzene rings is 2.